The summed E-state index contributed by atoms with van der Waals surface area (Å²) >= 11 is 0. The van der Waals surface area contributed by atoms with E-state index in [9.17, 15) is 9.59 Å². The molecule has 0 saturated carbocycles. The van der Waals surface area contributed by atoms with Crippen molar-refractivity contribution in [1.82, 2.24) is 4.98 Å². The highest BCUT2D eigenvalue weighted by atomic mass is 16.1. The summed E-state index contributed by atoms with van der Waals surface area (Å²) in [4.78, 5) is 28.0. The number of pyridine rings is 1. The van der Waals surface area contributed by atoms with Gasteiger partial charge in [-0.05, 0) is 50.2 Å². The van der Waals surface area contributed by atoms with Crippen molar-refractivity contribution >= 4 is 28.9 Å². The van der Waals surface area contributed by atoms with Gasteiger partial charge in [-0.25, -0.2) is 4.98 Å². The summed E-state index contributed by atoms with van der Waals surface area (Å²) in [5.74, 6) is 0.459. The fraction of sp³-hybridized carbons (Fsp3) is 0.0952. The number of amides is 1. The van der Waals surface area contributed by atoms with E-state index in [0.717, 1.165) is 11.3 Å². The molecule has 0 aliphatic heterocycles. The highest BCUT2D eigenvalue weighted by Gasteiger charge is 2.07. The van der Waals surface area contributed by atoms with E-state index < -0.39 is 0 Å². The maximum atomic E-state index is 12.3. The second kappa shape index (κ2) is 7.61. The number of rotatable bonds is 5. The Morgan fingerprint density at radius 1 is 0.885 bits per heavy atom. The summed E-state index contributed by atoms with van der Waals surface area (Å²) in [5.41, 5.74) is 3.66. The molecule has 0 radical (unpaired) electrons. The van der Waals surface area contributed by atoms with Crippen molar-refractivity contribution in [3.63, 3.8) is 0 Å². The fourth-order valence-electron chi connectivity index (χ4n) is 2.50. The molecular formula is C21H19N3O2. The van der Waals surface area contributed by atoms with E-state index in [-0.39, 0.29) is 11.7 Å². The minimum absolute atomic E-state index is 0.0100. The third kappa shape index (κ3) is 4.33. The molecule has 0 bridgehead atoms. The first-order chi connectivity index (χ1) is 12.5. The lowest BCUT2D eigenvalue weighted by atomic mass is 10.1. The highest BCUT2D eigenvalue weighted by Crippen LogP contribution is 2.18. The summed E-state index contributed by atoms with van der Waals surface area (Å²) < 4.78 is 0. The van der Waals surface area contributed by atoms with Crippen molar-refractivity contribution in [3.05, 3.63) is 83.6 Å². The molecule has 5 heteroatoms. The van der Waals surface area contributed by atoms with Gasteiger partial charge < -0.3 is 10.6 Å². The second-order valence-corrected chi connectivity index (χ2v) is 6.02. The van der Waals surface area contributed by atoms with Gasteiger partial charge in [0.2, 0.25) is 0 Å². The molecule has 0 spiro atoms. The van der Waals surface area contributed by atoms with Crippen molar-refractivity contribution in [1.29, 1.82) is 0 Å². The smallest absolute Gasteiger partial charge is 0.255 e. The average Bonchev–Trinajstić information content (AvgIpc) is 2.63. The van der Waals surface area contributed by atoms with Crippen LogP contribution in [0.3, 0.4) is 0 Å². The number of aryl methyl sites for hydroxylation is 1. The number of hydrogen-bond acceptors (Lipinski definition) is 4. The van der Waals surface area contributed by atoms with E-state index in [4.69, 9.17) is 0 Å². The summed E-state index contributed by atoms with van der Waals surface area (Å²) in [6.07, 6.45) is 1.59. The number of anilines is 3. The SMILES string of the molecule is CC(=O)c1cccc(Nc2ccc(NC(=O)c3cccc(C)c3)cn2)c1. The molecule has 2 N–H and O–H groups in total. The van der Waals surface area contributed by atoms with Crippen LogP contribution in [0.2, 0.25) is 0 Å². The van der Waals surface area contributed by atoms with Crippen molar-refractivity contribution in [3.8, 4) is 0 Å². The lowest BCUT2D eigenvalue weighted by molar-refractivity contribution is 0.101. The number of Topliss-reactive ketones (excluding diaryl/α,β-unsaturated/α-hetero) is 1. The van der Waals surface area contributed by atoms with Gasteiger partial charge in [0.25, 0.3) is 5.91 Å². The van der Waals surface area contributed by atoms with Gasteiger partial charge in [0.1, 0.15) is 5.82 Å². The van der Waals surface area contributed by atoms with Gasteiger partial charge in [-0.2, -0.15) is 0 Å². The largest absolute Gasteiger partial charge is 0.340 e. The average molecular weight is 345 g/mol. The van der Waals surface area contributed by atoms with E-state index >= 15 is 0 Å². The van der Waals surface area contributed by atoms with Crippen molar-refractivity contribution < 1.29 is 9.59 Å². The Morgan fingerprint density at radius 2 is 1.65 bits per heavy atom. The molecule has 1 aromatic heterocycles. The van der Waals surface area contributed by atoms with Gasteiger partial charge >= 0.3 is 0 Å². The number of ketones is 1. The second-order valence-electron chi connectivity index (χ2n) is 6.02. The van der Waals surface area contributed by atoms with E-state index in [1.165, 1.54) is 6.92 Å². The molecular weight excluding hydrogens is 326 g/mol. The van der Waals surface area contributed by atoms with Crippen LogP contribution < -0.4 is 10.6 Å². The standard InChI is InChI=1S/C21H19N3O2/c1-14-5-3-7-17(11-14)21(26)24-19-9-10-20(22-13-19)23-18-8-4-6-16(12-18)15(2)25/h3-13H,1-2H3,(H,22,23)(H,24,26). The van der Waals surface area contributed by atoms with E-state index in [2.05, 4.69) is 15.6 Å². The molecule has 0 aliphatic carbocycles. The number of nitrogens with zero attached hydrogens (tertiary/aromatic N) is 1. The maximum absolute atomic E-state index is 12.3. The van der Waals surface area contributed by atoms with E-state index in [1.54, 1.807) is 36.5 Å². The van der Waals surface area contributed by atoms with Gasteiger partial charge in [0.15, 0.2) is 5.78 Å². The normalized spacial score (nSPS) is 10.2. The quantitative estimate of drug-likeness (QED) is 0.664. The number of benzene rings is 2. The van der Waals surface area contributed by atoms with Crippen molar-refractivity contribution in [2.75, 3.05) is 10.6 Å². The Kier molecular flexibility index (Phi) is 5.08. The monoisotopic (exact) mass is 345 g/mol. The van der Waals surface area contributed by atoms with Crippen LogP contribution in [-0.4, -0.2) is 16.7 Å². The molecule has 0 aliphatic rings. The van der Waals surface area contributed by atoms with Gasteiger partial charge in [0.05, 0.1) is 11.9 Å². The Bertz CT molecular complexity index is 949. The molecule has 0 saturated heterocycles. The number of carbonyl (C=O) groups is 2. The zero-order valence-electron chi connectivity index (χ0n) is 14.6. The molecule has 1 heterocycles. The summed E-state index contributed by atoms with van der Waals surface area (Å²) in [6, 6.07) is 18.2. The predicted octanol–water partition coefficient (Wildman–Crippen LogP) is 4.59. The molecule has 5 nitrogen and oxygen atoms in total. The molecule has 130 valence electrons. The highest BCUT2D eigenvalue weighted by molar-refractivity contribution is 6.04. The van der Waals surface area contributed by atoms with Crippen molar-refractivity contribution in [2.24, 2.45) is 0 Å². The summed E-state index contributed by atoms with van der Waals surface area (Å²) in [6.45, 7) is 3.48. The van der Waals surface area contributed by atoms with Crippen LogP contribution in [0, 0.1) is 6.92 Å². The van der Waals surface area contributed by atoms with Crippen LogP contribution in [0.1, 0.15) is 33.2 Å². The number of carbonyl (C=O) groups excluding carboxylic acids is 2. The molecule has 3 rings (SSSR count). The topological polar surface area (TPSA) is 71.1 Å². The molecule has 0 atom stereocenters. The Labute approximate surface area is 152 Å². The fourth-order valence-corrected chi connectivity index (χ4v) is 2.50. The van der Waals surface area contributed by atoms with Crippen LogP contribution in [-0.2, 0) is 0 Å². The van der Waals surface area contributed by atoms with Gasteiger partial charge in [-0.15, -0.1) is 0 Å². The zero-order valence-corrected chi connectivity index (χ0v) is 14.6. The minimum Gasteiger partial charge on any atom is -0.340 e. The van der Waals surface area contributed by atoms with Crippen LogP contribution >= 0.6 is 0 Å². The Balaban J connectivity index is 1.68. The molecule has 26 heavy (non-hydrogen) atoms. The van der Waals surface area contributed by atoms with Gasteiger partial charge in [0, 0.05) is 16.8 Å². The predicted molar refractivity (Wildman–Crippen MR) is 103 cm³/mol. The summed E-state index contributed by atoms with van der Waals surface area (Å²) in [7, 11) is 0. The van der Waals surface area contributed by atoms with Crippen molar-refractivity contribution in [2.45, 2.75) is 13.8 Å². The molecule has 0 fully saturated rings. The Hall–Kier alpha value is -3.47. The molecule has 3 aromatic rings. The van der Waals surface area contributed by atoms with Gasteiger partial charge in [-0.3, -0.25) is 9.59 Å². The molecule has 1 amide bonds. The lowest BCUT2D eigenvalue weighted by Gasteiger charge is -2.09. The third-order valence-electron chi connectivity index (χ3n) is 3.84. The van der Waals surface area contributed by atoms with E-state index in [0.29, 0.717) is 22.6 Å². The van der Waals surface area contributed by atoms with Crippen LogP contribution in [0.5, 0.6) is 0 Å². The first-order valence-electron chi connectivity index (χ1n) is 8.23. The molecule has 2 aromatic carbocycles. The Morgan fingerprint density at radius 3 is 2.35 bits per heavy atom. The summed E-state index contributed by atoms with van der Waals surface area (Å²) in [5, 5.41) is 5.97. The first kappa shape index (κ1) is 17.4. The number of hydrogen-bond donors (Lipinski definition) is 2. The van der Waals surface area contributed by atoms with Crippen LogP contribution in [0.4, 0.5) is 17.2 Å². The third-order valence-corrected chi connectivity index (χ3v) is 3.84. The van der Waals surface area contributed by atoms with E-state index in [1.807, 2.05) is 37.3 Å². The van der Waals surface area contributed by atoms with Crippen LogP contribution in [0.25, 0.3) is 0 Å². The van der Waals surface area contributed by atoms with Gasteiger partial charge in [-0.1, -0.05) is 29.8 Å². The molecule has 0 unspecified atom stereocenters. The first-order valence-corrected chi connectivity index (χ1v) is 8.23. The van der Waals surface area contributed by atoms with Crippen LogP contribution in [0.15, 0.2) is 66.9 Å². The zero-order chi connectivity index (χ0) is 18.5. The number of nitrogens with one attached hydrogen (secondary N) is 2. The minimum atomic E-state index is -0.176. The lowest BCUT2D eigenvalue weighted by Crippen LogP contribution is -2.12. The number of aromatic nitrogens is 1. The maximum Gasteiger partial charge on any atom is 0.255 e.